The van der Waals surface area contributed by atoms with Crippen LogP contribution in [0.15, 0.2) is 42.5 Å². The predicted octanol–water partition coefficient (Wildman–Crippen LogP) is 4.33. The Morgan fingerprint density at radius 1 is 1.16 bits per heavy atom. The number of carbonyl (C=O) groups is 1. The van der Waals surface area contributed by atoms with Crippen LogP contribution in [0.25, 0.3) is 0 Å². The highest BCUT2D eigenvalue weighted by Gasteiger charge is 2.40. The fraction of sp³-hybridized carbons (Fsp3) is 0.381. The number of anilines is 2. The van der Waals surface area contributed by atoms with E-state index in [0.29, 0.717) is 43.2 Å². The van der Waals surface area contributed by atoms with Crippen LogP contribution in [0, 0.1) is 5.82 Å². The fourth-order valence-electron chi connectivity index (χ4n) is 3.02. The van der Waals surface area contributed by atoms with E-state index < -0.39 is 30.7 Å². The SMILES string of the molecule is O=C(Nc1cccc(COCC(F)(F)C(F)F)c1)c1ccc(N2CCOCC2)c(F)c1. The average Bonchev–Trinajstić information content (AvgIpc) is 2.74. The number of morpholine rings is 1. The molecule has 0 unspecified atom stereocenters. The van der Waals surface area contributed by atoms with Gasteiger partial charge in [0.15, 0.2) is 0 Å². The Labute approximate surface area is 175 Å². The highest BCUT2D eigenvalue weighted by atomic mass is 19.3. The lowest BCUT2D eigenvalue weighted by Crippen LogP contribution is -2.36. The summed E-state index contributed by atoms with van der Waals surface area (Å²) in [5.74, 6) is -5.32. The van der Waals surface area contributed by atoms with Crippen LogP contribution in [0.5, 0.6) is 0 Å². The minimum atomic E-state index is -4.23. The minimum Gasteiger partial charge on any atom is -0.378 e. The minimum absolute atomic E-state index is 0.104. The van der Waals surface area contributed by atoms with E-state index in [1.807, 2.05) is 4.90 Å². The van der Waals surface area contributed by atoms with E-state index in [-0.39, 0.29) is 12.2 Å². The predicted molar refractivity (Wildman–Crippen MR) is 104 cm³/mol. The van der Waals surface area contributed by atoms with Gasteiger partial charge in [-0.15, -0.1) is 0 Å². The molecule has 2 aromatic carbocycles. The zero-order valence-corrected chi connectivity index (χ0v) is 16.4. The van der Waals surface area contributed by atoms with E-state index in [2.05, 4.69) is 10.1 Å². The van der Waals surface area contributed by atoms with Crippen LogP contribution in [-0.2, 0) is 16.1 Å². The second kappa shape index (κ2) is 10.1. The molecule has 1 fully saturated rings. The molecule has 1 N–H and O–H groups in total. The molecule has 1 amide bonds. The Balaban J connectivity index is 1.60. The highest BCUT2D eigenvalue weighted by molar-refractivity contribution is 6.04. The highest BCUT2D eigenvalue weighted by Crippen LogP contribution is 2.24. The van der Waals surface area contributed by atoms with Crippen LogP contribution in [0.4, 0.5) is 33.3 Å². The molecule has 1 saturated heterocycles. The van der Waals surface area contributed by atoms with Gasteiger partial charge in [-0.2, -0.15) is 8.78 Å². The van der Waals surface area contributed by atoms with Gasteiger partial charge in [-0.25, -0.2) is 13.2 Å². The van der Waals surface area contributed by atoms with E-state index in [4.69, 9.17) is 4.74 Å². The summed E-state index contributed by atoms with van der Waals surface area (Å²) in [6.07, 6.45) is -3.81. The van der Waals surface area contributed by atoms with Gasteiger partial charge in [-0.3, -0.25) is 4.79 Å². The lowest BCUT2D eigenvalue weighted by Gasteiger charge is -2.29. The molecule has 0 saturated carbocycles. The second-order valence-corrected chi connectivity index (χ2v) is 6.97. The van der Waals surface area contributed by atoms with Crippen LogP contribution in [0.2, 0.25) is 0 Å². The van der Waals surface area contributed by atoms with Crippen LogP contribution < -0.4 is 10.2 Å². The third kappa shape index (κ3) is 6.14. The summed E-state index contributed by atoms with van der Waals surface area (Å²) in [5.41, 5.74) is 1.22. The number of hydrogen-bond acceptors (Lipinski definition) is 4. The van der Waals surface area contributed by atoms with Crippen LogP contribution in [-0.4, -0.2) is 51.2 Å². The number of ether oxygens (including phenoxy) is 2. The number of carbonyl (C=O) groups excluding carboxylic acids is 1. The first-order valence-corrected chi connectivity index (χ1v) is 9.52. The smallest absolute Gasteiger partial charge is 0.330 e. The van der Waals surface area contributed by atoms with E-state index in [9.17, 15) is 26.7 Å². The molecule has 0 atom stereocenters. The largest absolute Gasteiger partial charge is 0.378 e. The molecule has 5 nitrogen and oxygen atoms in total. The number of alkyl halides is 4. The second-order valence-electron chi connectivity index (χ2n) is 6.97. The molecule has 10 heteroatoms. The number of hydrogen-bond donors (Lipinski definition) is 1. The zero-order chi connectivity index (χ0) is 22.4. The van der Waals surface area contributed by atoms with Crippen molar-refractivity contribution in [2.24, 2.45) is 0 Å². The van der Waals surface area contributed by atoms with Gasteiger partial charge in [-0.1, -0.05) is 12.1 Å². The maximum absolute atomic E-state index is 14.5. The molecule has 31 heavy (non-hydrogen) atoms. The van der Waals surface area contributed by atoms with Crippen molar-refractivity contribution in [2.45, 2.75) is 19.0 Å². The molecule has 1 heterocycles. The molecule has 0 spiro atoms. The molecular weight excluding hydrogens is 423 g/mol. The zero-order valence-electron chi connectivity index (χ0n) is 16.4. The van der Waals surface area contributed by atoms with Gasteiger partial charge in [0.25, 0.3) is 5.91 Å². The van der Waals surface area contributed by atoms with Crippen molar-refractivity contribution in [1.82, 2.24) is 0 Å². The Hall–Kier alpha value is -2.72. The van der Waals surface area contributed by atoms with Crippen molar-refractivity contribution in [3.63, 3.8) is 0 Å². The normalized spacial score (nSPS) is 14.7. The summed E-state index contributed by atoms with van der Waals surface area (Å²) in [5, 5.41) is 2.59. The van der Waals surface area contributed by atoms with Gasteiger partial charge in [0, 0.05) is 24.3 Å². The molecule has 0 aromatic heterocycles. The Morgan fingerprint density at radius 2 is 1.90 bits per heavy atom. The summed E-state index contributed by atoms with van der Waals surface area (Å²) in [6.45, 7) is 0.356. The van der Waals surface area contributed by atoms with Gasteiger partial charge in [-0.05, 0) is 35.9 Å². The monoisotopic (exact) mass is 444 g/mol. The number of rotatable bonds is 8. The van der Waals surface area contributed by atoms with E-state index in [0.717, 1.165) is 6.07 Å². The van der Waals surface area contributed by atoms with Crippen LogP contribution in [0.1, 0.15) is 15.9 Å². The summed E-state index contributed by atoms with van der Waals surface area (Å²) in [7, 11) is 0. The molecule has 1 aliphatic heterocycles. The number of halogens is 5. The average molecular weight is 444 g/mol. The first-order chi connectivity index (χ1) is 14.8. The molecule has 2 aromatic rings. The van der Waals surface area contributed by atoms with Gasteiger partial charge >= 0.3 is 12.3 Å². The van der Waals surface area contributed by atoms with Crippen LogP contribution >= 0.6 is 0 Å². The first-order valence-electron chi connectivity index (χ1n) is 9.52. The lowest BCUT2D eigenvalue weighted by atomic mass is 10.1. The molecule has 0 bridgehead atoms. The van der Waals surface area contributed by atoms with Gasteiger partial charge in [0.05, 0.1) is 25.5 Å². The Bertz CT molecular complexity index is 904. The quantitative estimate of drug-likeness (QED) is 0.616. The number of nitrogens with zero attached hydrogens (tertiary/aromatic N) is 1. The van der Waals surface area contributed by atoms with E-state index >= 15 is 0 Å². The maximum atomic E-state index is 14.5. The van der Waals surface area contributed by atoms with Crippen molar-refractivity contribution < 1.29 is 36.2 Å². The third-order valence-corrected chi connectivity index (χ3v) is 4.63. The van der Waals surface area contributed by atoms with Crippen molar-refractivity contribution in [2.75, 3.05) is 43.1 Å². The summed E-state index contributed by atoms with van der Waals surface area (Å²) in [6, 6.07) is 10.3. The summed E-state index contributed by atoms with van der Waals surface area (Å²) < 4.78 is 74.5. The van der Waals surface area contributed by atoms with Crippen molar-refractivity contribution in [1.29, 1.82) is 0 Å². The molecule has 0 radical (unpaired) electrons. The topological polar surface area (TPSA) is 50.8 Å². The van der Waals surface area contributed by atoms with Gasteiger partial charge in [0.2, 0.25) is 0 Å². The Kier molecular flexibility index (Phi) is 7.45. The first kappa shape index (κ1) is 23.0. The molecule has 3 rings (SSSR count). The van der Waals surface area contributed by atoms with Crippen LogP contribution in [0.3, 0.4) is 0 Å². The van der Waals surface area contributed by atoms with Gasteiger partial charge < -0.3 is 19.7 Å². The lowest BCUT2D eigenvalue weighted by molar-refractivity contribution is -0.168. The van der Waals surface area contributed by atoms with Crippen molar-refractivity contribution in [3.05, 3.63) is 59.4 Å². The fourth-order valence-corrected chi connectivity index (χ4v) is 3.02. The number of benzene rings is 2. The number of nitrogens with one attached hydrogen (secondary N) is 1. The molecular formula is C21H21F5N2O3. The van der Waals surface area contributed by atoms with Crippen molar-refractivity contribution >= 4 is 17.3 Å². The van der Waals surface area contributed by atoms with Crippen molar-refractivity contribution in [3.8, 4) is 0 Å². The Morgan fingerprint density at radius 3 is 2.58 bits per heavy atom. The summed E-state index contributed by atoms with van der Waals surface area (Å²) >= 11 is 0. The van der Waals surface area contributed by atoms with E-state index in [1.165, 1.54) is 24.3 Å². The van der Waals surface area contributed by atoms with E-state index in [1.54, 1.807) is 12.1 Å². The third-order valence-electron chi connectivity index (χ3n) is 4.63. The molecule has 0 aliphatic carbocycles. The number of amides is 1. The molecule has 168 valence electrons. The molecule has 1 aliphatic rings. The standard InChI is InChI=1S/C21H21F5N2O3/c22-17-11-15(4-5-18(17)28-6-8-30-9-7-28)19(29)27-16-3-1-2-14(10-16)12-31-13-21(25,26)20(23)24/h1-5,10-11,20H,6-9,12-13H2,(H,27,29). The summed E-state index contributed by atoms with van der Waals surface area (Å²) in [4.78, 5) is 14.3. The maximum Gasteiger partial charge on any atom is 0.330 e. The van der Waals surface area contributed by atoms with Gasteiger partial charge in [0.1, 0.15) is 12.4 Å².